The first-order valence-corrected chi connectivity index (χ1v) is 30.0. The minimum atomic E-state index is -0.554. The number of rotatable bonds is 8. The van der Waals surface area contributed by atoms with Crippen molar-refractivity contribution in [3.8, 4) is 84.4 Å². The van der Waals surface area contributed by atoms with Crippen molar-refractivity contribution in [3.05, 3.63) is 299 Å². The summed E-state index contributed by atoms with van der Waals surface area (Å²) in [4.78, 5) is 16.7. The van der Waals surface area contributed by atoms with Crippen LogP contribution in [-0.4, -0.2) is 19.5 Å². The van der Waals surface area contributed by atoms with E-state index in [9.17, 15) is 0 Å². The highest BCUT2D eigenvalue weighted by molar-refractivity contribution is 6.17. The maximum Gasteiger partial charge on any atom is 0.238 e. The Morgan fingerprint density at radius 2 is 0.906 bits per heavy atom. The van der Waals surface area contributed by atoms with Gasteiger partial charge in [0.15, 0.2) is 11.6 Å². The van der Waals surface area contributed by atoms with Crippen LogP contribution in [0.5, 0.6) is 0 Å². The van der Waals surface area contributed by atoms with Gasteiger partial charge in [0.25, 0.3) is 0 Å². The average molecular weight is 1100 g/mol. The van der Waals surface area contributed by atoms with Gasteiger partial charge in [0.1, 0.15) is 0 Å². The largest absolute Gasteiger partial charge is 0.277 e. The molecule has 0 aliphatic heterocycles. The molecule has 0 N–H and O–H groups in total. The number of aromatic nitrogens is 4. The molecule has 0 radical (unpaired) electrons. The zero-order valence-corrected chi connectivity index (χ0v) is 49.5. The van der Waals surface area contributed by atoms with E-state index in [4.69, 9.17) is 15.0 Å². The van der Waals surface area contributed by atoms with Crippen LogP contribution < -0.4 is 0 Å². The van der Waals surface area contributed by atoms with E-state index in [1.807, 2.05) is 0 Å². The van der Waals surface area contributed by atoms with Crippen LogP contribution in [0.1, 0.15) is 104 Å². The molecule has 2 aliphatic rings. The van der Waals surface area contributed by atoms with Crippen molar-refractivity contribution in [2.45, 2.75) is 77.6 Å². The molecule has 0 amide bonds. The Balaban J connectivity index is 1.01. The van der Waals surface area contributed by atoms with E-state index in [1.165, 1.54) is 89.0 Å². The van der Waals surface area contributed by atoms with E-state index in [2.05, 4.69) is 309 Å². The Morgan fingerprint density at radius 3 is 1.56 bits per heavy atom. The highest BCUT2D eigenvalue weighted by Crippen LogP contribution is 2.64. The Morgan fingerprint density at radius 1 is 0.376 bits per heavy atom. The first-order chi connectivity index (χ1) is 41.2. The van der Waals surface area contributed by atoms with Crippen molar-refractivity contribution >= 4 is 21.8 Å². The molecule has 85 heavy (non-hydrogen) atoms. The normalized spacial score (nSPS) is 13.5. The molecule has 11 aromatic carbocycles. The number of hydrogen-bond donors (Lipinski definition) is 0. The van der Waals surface area contributed by atoms with Gasteiger partial charge in [0.05, 0.1) is 16.4 Å². The molecular formula is C81H66N4. The smallest absolute Gasteiger partial charge is 0.238 e. The quantitative estimate of drug-likeness (QED) is 0.152. The van der Waals surface area contributed by atoms with E-state index in [0.717, 1.165) is 49.6 Å². The third-order valence-corrected chi connectivity index (χ3v) is 18.4. The van der Waals surface area contributed by atoms with Crippen LogP contribution in [0.3, 0.4) is 0 Å². The molecule has 410 valence electrons. The third-order valence-electron chi connectivity index (χ3n) is 18.4. The van der Waals surface area contributed by atoms with Gasteiger partial charge < -0.3 is 0 Å². The average Bonchev–Trinajstić information content (AvgIpc) is 1.51. The van der Waals surface area contributed by atoms with Gasteiger partial charge in [-0.2, -0.15) is 9.97 Å². The SMILES string of the molecule is Cc1ccccc1-c1cc(-c2ccc3c(c2)c2ccc4c(c2n3-c2nc(-c3ccccc3)nc(-c3cccc(-c5cc(C(C)(C)C)cc(C(C)(C)C)c5)c3)n2)-c2ccccc2C42c3ccccc3-c3ccccc32)ccc1C(C)c1ccccc1. The summed E-state index contributed by atoms with van der Waals surface area (Å²) in [5, 5.41) is 2.26. The van der Waals surface area contributed by atoms with Crippen LogP contribution in [-0.2, 0) is 16.2 Å². The second-order valence-electron chi connectivity index (χ2n) is 25.6. The fourth-order valence-electron chi connectivity index (χ4n) is 14.0. The van der Waals surface area contributed by atoms with Crippen molar-refractivity contribution in [1.82, 2.24) is 19.5 Å². The molecule has 1 spiro atoms. The Hall–Kier alpha value is -9.77. The topological polar surface area (TPSA) is 43.6 Å². The van der Waals surface area contributed by atoms with E-state index < -0.39 is 5.41 Å². The van der Waals surface area contributed by atoms with Gasteiger partial charge in [-0.3, -0.25) is 4.57 Å². The van der Waals surface area contributed by atoms with Crippen LogP contribution in [0.25, 0.3) is 106 Å². The molecule has 1 unspecified atom stereocenters. The van der Waals surface area contributed by atoms with Crippen LogP contribution in [0.2, 0.25) is 0 Å². The zero-order valence-electron chi connectivity index (χ0n) is 49.5. The molecule has 2 aliphatic carbocycles. The molecule has 1 atom stereocenters. The lowest BCUT2D eigenvalue weighted by Gasteiger charge is -2.30. The molecule has 13 aromatic rings. The summed E-state index contributed by atoms with van der Waals surface area (Å²) < 4.78 is 2.36. The number of nitrogens with zero attached hydrogens (tertiary/aromatic N) is 4. The van der Waals surface area contributed by atoms with Crippen LogP contribution >= 0.6 is 0 Å². The third kappa shape index (κ3) is 8.36. The Kier molecular flexibility index (Phi) is 12.1. The molecule has 4 heteroatoms. The second-order valence-corrected chi connectivity index (χ2v) is 25.6. The first-order valence-electron chi connectivity index (χ1n) is 30.0. The van der Waals surface area contributed by atoms with E-state index in [0.29, 0.717) is 17.6 Å². The minimum Gasteiger partial charge on any atom is -0.277 e. The molecule has 0 saturated heterocycles. The van der Waals surface area contributed by atoms with Crippen molar-refractivity contribution < 1.29 is 0 Å². The fraction of sp³-hybridized carbons (Fsp3) is 0.148. The van der Waals surface area contributed by atoms with Gasteiger partial charge >= 0.3 is 0 Å². The van der Waals surface area contributed by atoms with E-state index in [-0.39, 0.29) is 16.7 Å². The van der Waals surface area contributed by atoms with Crippen LogP contribution in [0, 0.1) is 6.92 Å². The van der Waals surface area contributed by atoms with Crippen LogP contribution in [0.15, 0.2) is 249 Å². The Bertz CT molecular complexity index is 4740. The van der Waals surface area contributed by atoms with Crippen molar-refractivity contribution in [3.63, 3.8) is 0 Å². The summed E-state index contributed by atoms with van der Waals surface area (Å²) >= 11 is 0. The Labute approximate surface area is 499 Å². The lowest BCUT2D eigenvalue weighted by atomic mass is 9.70. The molecule has 15 rings (SSSR count). The van der Waals surface area contributed by atoms with Gasteiger partial charge in [-0.1, -0.05) is 273 Å². The van der Waals surface area contributed by atoms with Crippen molar-refractivity contribution in [1.29, 1.82) is 0 Å². The minimum absolute atomic E-state index is 0.0364. The second kappa shape index (κ2) is 19.7. The van der Waals surface area contributed by atoms with Gasteiger partial charge in [-0.15, -0.1) is 0 Å². The first kappa shape index (κ1) is 52.1. The van der Waals surface area contributed by atoms with E-state index >= 15 is 0 Å². The summed E-state index contributed by atoms with van der Waals surface area (Å²) in [6, 6.07) is 92.2. The maximum atomic E-state index is 5.69. The number of hydrogen-bond acceptors (Lipinski definition) is 3. The van der Waals surface area contributed by atoms with Gasteiger partial charge in [0.2, 0.25) is 5.95 Å². The molecule has 4 nitrogen and oxygen atoms in total. The highest BCUT2D eigenvalue weighted by Gasteiger charge is 2.52. The van der Waals surface area contributed by atoms with Gasteiger partial charge in [0, 0.05) is 33.4 Å². The lowest BCUT2D eigenvalue weighted by Crippen LogP contribution is -2.25. The predicted octanol–water partition coefficient (Wildman–Crippen LogP) is 20.7. The number of fused-ring (bicyclic) bond motifs is 14. The summed E-state index contributed by atoms with van der Waals surface area (Å²) in [7, 11) is 0. The standard InChI is InChI=1S/C81H66N4/c1-50-24-15-16-31-61(50)67-47-55(38-40-62(67)51(2)52-25-11-9-12-26-52)56-39-43-73-68(48-56)65-41-42-72-74(66-34-19-22-37-71(66)81(72)69-35-20-17-32-63(69)64-33-18-21-36-70(64)81)75(65)85(73)78-83-76(53-27-13-10-14-28-53)82-77(84-78)57-30-23-29-54(44-57)58-45-59(79(3,4)5)49-60(46-58)80(6,7)8/h9-49,51H,1-8H3. The molecular weight excluding hydrogens is 1030 g/mol. The summed E-state index contributed by atoms with van der Waals surface area (Å²) in [6.07, 6.45) is 0. The summed E-state index contributed by atoms with van der Waals surface area (Å²) in [5.41, 5.74) is 27.0. The maximum absolute atomic E-state index is 5.69. The highest BCUT2D eigenvalue weighted by atomic mass is 15.2. The van der Waals surface area contributed by atoms with Crippen molar-refractivity contribution in [2.75, 3.05) is 0 Å². The monoisotopic (exact) mass is 1090 g/mol. The van der Waals surface area contributed by atoms with Gasteiger partial charge in [-0.05, 0) is 142 Å². The lowest BCUT2D eigenvalue weighted by molar-refractivity contribution is 0.569. The number of benzene rings is 11. The number of aryl methyl sites for hydroxylation is 1. The molecule has 2 aromatic heterocycles. The summed E-state index contributed by atoms with van der Waals surface area (Å²) in [6.45, 7) is 18.4. The summed E-state index contributed by atoms with van der Waals surface area (Å²) in [5.74, 6) is 1.97. The fourth-order valence-corrected chi connectivity index (χ4v) is 14.0. The zero-order chi connectivity index (χ0) is 57.9. The molecule has 0 fully saturated rings. The van der Waals surface area contributed by atoms with Gasteiger partial charge in [-0.25, -0.2) is 4.98 Å². The van der Waals surface area contributed by atoms with Crippen LogP contribution in [0.4, 0.5) is 0 Å². The molecule has 0 saturated carbocycles. The molecule has 2 heterocycles. The molecule has 0 bridgehead atoms. The predicted molar refractivity (Wildman–Crippen MR) is 354 cm³/mol. The van der Waals surface area contributed by atoms with Crippen molar-refractivity contribution in [2.24, 2.45) is 0 Å². The van der Waals surface area contributed by atoms with E-state index in [1.54, 1.807) is 0 Å².